The van der Waals surface area contributed by atoms with Gasteiger partial charge in [-0.15, -0.1) is 0 Å². The van der Waals surface area contributed by atoms with E-state index in [-0.39, 0.29) is 16.4 Å². The number of para-hydroxylation sites is 1. The molecule has 29 heavy (non-hydrogen) atoms. The van der Waals surface area contributed by atoms with Crippen LogP contribution in [0.3, 0.4) is 0 Å². The maximum Gasteiger partial charge on any atom is 0.353 e. The average Bonchev–Trinajstić information content (AvgIpc) is 2.73. The van der Waals surface area contributed by atoms with E-state index in [9.17, 15) is 14.5 Å². The summed E-state index contributed by atoms with van der Waals surface area (Å²) in [7, 11) is 0. The molecular formula is C20H25FN6O2. The number of nitro groups is 1. The van der Waals surface area contributed by atoms with Crippen molar-refractivity contribution in [2.24, 2.45) is 5.92 Å². The van der Waals surface area contributed by atoms with Crippen molar-refractivity contribution < 1.29 is 9.31 Å². The summed E-state index contributed by atoms with van der Waals surface area (Å²) in [5, 5.41) is 12.0. The van der Waals surface area contributed by atoms with Gasteiger partial charge in [0.05, 0.1) is 10.6 Å². The summed E-state index contributed by atoms with van der Waals surface area (Å²) in [5.74, 6) is 0.982. The van der Waals surface area contributed by atoms with Gasteiger partial charge in [0.25, 0.3) is 0 Å². The number of rotatable bonds is 4. The Kier molecular flexibility index (Phi) is 5.46. The number of anilines is 3. The van der Waals surface area contributed by atoms with E-state index in [4.69, 9.17) is 0 Å². The molecule has 0 radical (unpaired) electrons. The van der Waals surface area contributed by atoms with Crippen LogP contribution in [0.25, 0.3) is 0 Å². The SMILES string of the molecule is CC1CCCN(c2ncnc(N3CCN(c4ccccc4F)CC3)c2[N+](=O)[O-])C1. The second-order valence-electron chi connectivity index (χ2n) is 7.75. The van der Waals surface area contributed by atoms with Gasteiger partial charge in [-0.05, 0) is 30.9 Å². The fourth-order valence-electron chi connectivity index (χ4n) is 4.24. The van der Waals surface area contributed by atoms with Crippen LogP contribution in [0, 0.1) is 21.8 Å². The van der Waals surface area contributed by atoms with Gasteiger partial charge in [0, 0.05) is 39.3 Å². The molecule has 1 unspecified atom stereocenters. The first-order valence-electron chi connectivity index (χ1n) is 10.0. The van der Waals surface area contributed by atoms with Gasteiger partial charge in [-0.3, -0.25) is 10.1 Å². The number of piperazine rings is 1. The van der Waals surface area contributed by atoms with Gasteiger partial charge in [0.15, 0.2) is 0 Å². The Labute approximate surface area is 169 Å². The highest BCUT2D eigenvalue weighted by Crippen LogP contribution is 2.36. The minimum Gasteiger partial charge on any atom is -0.366 e. The summed E-state index contributed by atoms with van der Waals surface area (Å²) in [6, 6.07) is 6.69. The highest BCUT2D eigenvalue weighted by Gasteiger charge is 2.33. The van der Waals surface area contributed by atoms with Crippen LogP contribution in [-0.2, 0) is 0 Å². The number of halogens is 1. The fraction of sp³-hybridized carbons (Fsp3) is 0.500. The van der Waals surface area contributed by atoms with Crippen molar-refractivity contribution in [1.29, 1.82) is 0 Å². The zero-order valence-electron chi connectivity index (χ0n) is 16.5. The van der Waals surface area contributed by atoms with Gasteiger partial charge in [-0.2, -0.15) is 0 Å². The standard InChI is InChI=1S/C20H25FN6O2/c1-15-5-4-8-26(13-15)20-18(27(28)29)19(22-14-23-20)25-11-9-24(10-12-25)17-7-3-2-6-16(17)21/h2-3,6-7,14-15H,4-5,8-13H2,1H3. The number of nitrogens with zero attached hydrogens (tertiary/aromatic N) is 6. The molecule has 0 spiro atoms. The zero-order valence-corrected chi connectivity index (χ0v) is 16.5. The van der Waals surface area contributed by atoms with Crippen molar-refractivity contribution in [2.45, 2.75) is 19.8 Å². The Bertz CT molecular complexity index is 887. The van der Waals surface area contributed by atoms with E-state index in [0.717, 1.165) is 25.9 Å². The molecule has 154 valence electrons. The molecular weight excluding hydrogens is 375 g/mol. The summed E-state index contributed by atoms with van der Waals surface area (Å²) in [6.45, 7) is 5.88. The Balaban J connectivity index is 1.57. The van der Waals surface area contributed by atoms with Gasteiger partial charge >= 0.3 is 5.69 Å². The quantitative estimate of drug-likeness (QED) is 0.576. The summed E-state index contributed by atoms with van der Waals surface area (Å²) >= 11 is 0. The molecule has 1 aromatic carbocycles. The second kappa shape index (κ2) is 8.18. The lowest BCUT2D eigenvalue weighted by Gasteiger charge is -2.37. The van der Waals surface area contributed by atoms with Crippen molar-refractivity contribution in [3.05, 3.63) is 46.5 Å². The normalized spacial score (nSPS) is 20.1. The molecule has 4 rings (SSSR count). The van der Waals surface area contributed by atoms with Gasteiger partial charge in [-0.25, -0.2) is 14.4 Å². The molecule has 0 amide bonds. The minimum absolute atomic E-state index is 0.0269. The van der Waals surface area contributed by atoms with E-state index in [0.29, 0.717) is 49.4 Å². The van der Waals surface area contributed by atoms with Crippen LogP contribution in [-0.4, -0.2) is 54.2 Å². The smallest absolute Gasteiger partial charge is 0.353 e. The molecule has 0 bridgehead atoms. The van der Waals surface area contributed by atoms with E-state index < -0.39 is 0 Å². The first kappa shape index (κ1) is 19.4. The summed E-state index contributed by atoms with van der Waals surface area (Å²) < 4.78 is 14.1. The number of hydrogen-bond donors (Lipinski definition) is 0. The molecule has 9 heteroatoms. The van der Waals surface area contributed by atoms with Crippen LogP contribution in [0.2, 0.25) is 0 Å². The van der Waals surface area contributed by atoms with Crippen LogP contribution >= 0.6 is 0 Å². The van der Waals surface area contributed by atoms with Gasteiger partial charge in [0.1, 0.15) is 12.1 Å². The molecule has 3 heterocycles. The minimum atomic E-state index is -0.368. The Morgan fingerprint density at radius 2 is 1.69 bits per heavy atom. The van der Waals surface area contributed by atoms with E-state index in [1.54, 1.807) is 12.1 Å². The highest BCUT2D eigenvalue weighted by molar-refractivity contribution is 5.71. The van der Waals surface area contributed by atoms with Crippen LogP contribution in [0.1, 0.15) is 19.8 Å². The molecule has 2 aromatic rings. The molecule has 2 aliphatic heterocycles. The number of hydrogen-bond acceptors (Lipinski definition) is 7. The van der Waals surface area contributed by atoms with Gasteiger partial charge in [-0.1, -0.05) is 19.1 Å². The van der Waals surface area contributed by atoms with Crippen molar-refractivity contribution in [3.63, 3.8) is 0 Å². The van der Waals surface area contributed by atoms with Crippen LogP contribution in [0.15, 0.2) is 30.6 Å². The van der Waals surface area contributed by atoms with Crippen molar-refractivity contribution in [3.8, 4) is 0 Å². The van der Waals surface area contributed by atoms with Crippen molar-refractivity contribution >= 4 is 23.0 Å². The third-order valence-corrected chi connectivity index (χ3v) is 5.70. The first-order chi connectivity index (χ1) is 14.0. The third-order valence-electron chi connectivity index (χ3n) is 5.70. The monoisotopic (exact) mass is 400 g/mol. The van der Waals surface area contributed by atoms with Crippen LogP contribution in [0.5, 0.6) is 0 Å². The fourth-order valence-corrected chi connectivity index (χ4v) is 4.24. The summed E-state index contributed by atoms with van der Waals surface area (Å²) in [4.78, 5) is 26.0. The lowest BCUT2D eigenvalue weighted by molar-refractivity contribution is -0.383. The Morgan fingerprint density at radius 1 is 1.03 bits per heavy atom. The van der Waals surface area contributed by atoms with Crippen LogP contribution in [0.4, 0.5) is 27.4 Å². The van der Waals surface area contributed by atoms with Crippen LogP contribution < -0.4 is 14.7 Å². The summed E-state index contributed by atoms with van der Waals surface area (Å²) in [6.07, 6.45) is 3.54. The Hall–Kier alpha value is -2.97. The number of aromatic nitrogens is 2. The molecule has 1 aromatic heterocycles. The molecule has 2 saturated heterocycles. The van der Waals surface area contributed by atoms with E-state index in [1.807, 2.05) is 20.8 Å². The van der Waals surface area contributed by atoms with E-state index in [1.165, 1.54) is 12.4 Å². The average molecular weight is 400 g/mol. The lowest BCUT2D eigenvalue weighted by Crippen LogP contribution is -2.47. The van der Waals surface area contributed by atoms with Crippen molar-refractivity contribution in [1.82, 2.24) is 9.97 Å². The summed E-state index contributed by atoms with van der Waals surface area (Å²) in [5.41, 5.74) is 0.535. The maximum atomic E-state index is 14.1. The molecule has 2 fully saturated rings. The maximum absolute atomic E-state index is 14.1. The van der Waals surface area contributed by atoms with Gasteiger partial charge in [0.2, 0.25) is 11.6 Å². The molecule has 0 saturated carbocycles. The second-order valence-corrected chi connectivity index (χ2v) is 7.75. The molecule has 8 nitrogen and oxygen atoms in total. The van der Waals surface area contributed by atoms with Gasteiger partial charge < -0.3 is 14.7 Å². The number of piperidine rings is 1. The zero-order chi connectivity index (χ0) is 20.4. The first-order valence-corrected chi connectivity index (χ1v) is 10.0. The molecule has 0 aliphatic carbocycles. The molecule has 0 N–H and O–H groups in total. The number of benzene rings is 1. The van der Waals surface area contributed by atoms with Crippen molar-refractivity contribution in [2.75, 3.05) is 54.0 Å². The topological polar surface area (TPSA) is 78.6 Å². The molecule has 2 aliphatic rings. The third kappa shape index (κ3) is 3.94. The largest absolute Gasteiger partial charge is 0.366 e. The predicted octanol–water partition coefficient (Wildman–Crippen LogP) is 3.09. The lowest BCUT2D eigenvalue weighted by atomic mass is 10.0. The van der Waals surface area contributed by atoms with E-state index in [2.05, 4.69) is 16.9 Å². The predicted molar refractivity (Wildman–Crippen MR) is 110 cm³/mol. The molecule has 1 atom stereocenters. The Morgan fingerprint density at radius 3 is 2.34 bits per heavy atom. The van der Waals surface area contributed by atoms with E-state index >= 15 is 0 Å². The highest BCUT2D eigenvalue weighted by atomic mass is 19.1.